The van der Waals surface area contributed by atoms with Crippen LogP contribution < -0.4 is 10.2 Å². The van der Waals surface area contributed by atoms with Crippen molar-refractivity contribution in [1.82, 2.24) is 5.32 Å². The lowest BCUT2D eigenvalue weighted by Gasteiger charge is -2.35. The van der Waals surface area contributed by atoms with Gasteiger partial charge in [-0.3, -0.25) is 0 Å². The van der Waals surface area contributed by atoms with Crippen molar-refractivity contribution in [3.05, 3.63) is 29.6 Å². The van der Waals surface area contributed by atoms with Crippen LogP contribution in [-0.4, -0.2) is 32.3 Å². The second-order valence-electron chi connectivity index (χ2n) is 6.14. The molecule has 1 heterocycles. The summed E-state index contributed by atoms with van der Waals surface area (Å²) in [5, 5.41) is 3.41. The van der Waals surface area contributed by atoms with Crippen molar-refractivity contribution in [2.45, 2.75) is 39.8 Å². The van der Waals surface area contributed by atoms with E-state index in [1.165, 1.54) is 0 Å². The van der Waals surface area contributed by atoms with Crippen molar-refractivity contribution >= 4 is 5.69 Å². The first kappa shape index (κ1) is 16.2. The minimum atomic E-state index is -0.166. The molecule has 1 unspecified atom stereocenters. The van der Waals surface area contributed by atoms with Gasteiger partial charge in [0.05, 0.1) is 12.7 Å². The molecule has 0 radical (unpaired) electrons. The second-order valence-corrected chi connectivity index (χ2v) is 6.14. The van der Waals surface area contributed by atoms with E-state index in [-0.39, 0.29) is 11.9 Å². The molecule has 1 atom stereocenters. The van der Waals surface area contributed by atoms with Crippen molar-refractivity contribution < 1.29 is 9.13 Å². The standard InChI is InChI=1S/C17H27FN2O/c1-4-16-12-20(7-8-21-16)17-6-5-15(18)9-14(17)11-19-10-13(2)3/h5-6,9,13,16,19H,4,7-8,10-12H2,1-3H3. The van der Waals surface area contributed by atoms with Gasteiger partial charge in [0.15, 0.2) is 0 Å². The summed E-state index contributed by atoms with van der Waals surface area (Å²) in [6.07, 6.45) is 1.29. The van der Waals surface area contributed by atoms with E-state index in [2.05, 4.69) is 31.0 Å². The lowest BCUT2D eigenvalue weighted by Crippen LogP contribution is -2.42. The molecule has 3 nitrogen and oxygen atoms in total. The summed E-state index contributed by atoms with van der Waals surface area (Å²) in [6, 6.07) is 5.11. The third-order valence-electron chi connectivity index (χ3n) is 3.84. The number of nitrogens with one attached hydrogen (secondary N) is 1. The lowest BCUT2D eigenvalue weighted by molar-refractivity contribution is 0.0384. The highest BCUT2D eigenvalue weighted by Crippen LogP contribution is 2.24. The quantitative estimate of drug-likeness (QED) is 0.872. The Labute approximate surface area is 127 Å². The van der Waals surface area contributed by atoms with Gasteiger partial charge >= 0.3 is 0 Å². The van der Waals surface area contributed by atoms with Gasteiger partial charge in [-0.1, -0.05) is 20.8 Å². The number of rotatable bonds is 6. The number of hydrogen-bond donors (Lipinski definition) is 1. The molecule has 0 aliphatic carbocycles. The summed E-state index contributed by atoms with van der Waals surface area (Å²) >= 11 is 0. The maximum Gasteiger partial charge on any atom is 0.123 e. The maximum absolute atomic E-state index is 13.6. The third-order valence-corrected chi connectivity index (χ3v) is 3.84. The number of ether oxygens (including phenoxy) is 1. The monoisotopic (exact) mass is 294 g/mol. The van der Waals surface area contributed by atoms with E-state index in [0.717, 1.165) is 43.9 Å². The minimum absolute atomic E-state index is 0.166. The first-order valence-electron chi connectivity index (χ1n) is 7.95. The van der Waals surface area contributed by atoms with Gasteiger partial charge in [0.1, 0.15) is 5.82 Å². The van der Waals surface area contributed by atoms with E-state index in [4.69, 9.17) is 4.74 Å². The fraction of sp³-hybridized carbons (Fsp3) is 0.647. The molecule has 0 aromatic heterocycles. The molecular weight excluding hydrogens is 267 g/mol. The van der Waals surface area contributed by atoms with Crippen LogP contribution in [0.3, 0.4) is 0 Å². The second kappa shape index (κ2) is 7.76. The number of halogens is 1. The van der Waals surface area contributed by atoms with Crippen LogP contribution in [0.1, 0.15) is 32.8 Å². The predicted molar refractivity (Wildman–Crippen MR) is 85.2 cm³/mol. The van der Waals surface area contributed by atoms with Crippen LogP contribution in [0.5, 0.6) is 0 Å². The van der Waals surface area contributed by atoms with E-state index in [1.807, 2.05) is 6.07 Å². The summed E-state index contributed by atoms with van der Waals surface area (Å²) in [6.45, 7) is 10.6. The van der Waals surface area contributed by atoms with Crippen LogP contribution in [0.4, 0.5) is 10.1 Å². The Morgan fingerprint density at radius 3 is 2.95 bits per heavy atom. The van der Waals surface area contributed by atoms with Crippen LogP contribution in [0.2, 0.25) is 0 Å². The van der Waals surface area contributed by atoms with E-state index in [9.17, 15) is 4.39 Å². The van der Waals surface area contributed by atoms with E-state index < -0.39 is 0 Å². The molecule has 1 saturated heterocycles. The molecule has 0 bridgehead atoms. The molecule has 1 fully saturated rings. The lowest BCUT2D eigenvalue weighted by atomic mass is 10.1. The Hall–Kier alpha value is -1.13. The van der Waals surface area contributed by atoms with Crippen LogP contribution in [0.25, 0.3) is 0 Å². The Morgan fingerprint density at radius 1 is 1.43 bits per heavy atom. The molecule has 2 rings (SSSR count). The average molecular weight is 294 g/mol. The molecule has 1 aromatic carbocycles. The zero-order chi connectivity index (χ0) is 15.2. The zero-order valence-corrected chi connectivity index (χ0v) is 13.4. The number of anilines is 1. The highest BCUT2D eigenvalue weighted by molar-refractivity contribution is 5.54. The Kier molecular flexibility index (Phi) is 6.00. The van der Waals surface area contributed by atoms with Gasteiger partial charge in [0.25, 0.3) is 0 Å². The first-order valence-corrected chi connectivity index (χ1v) is 7.95. The maximum atomic E-state index is 13.6. The fourth-order valence-corrected chi connectivity index (χ4v) is 2.68. The summed E-state index contributed by atoms with van der Waals surface area (Å²) in [5.74, 6) is 0.426. The van der Waals surface area contributed by atoms with Crippen LogP contribution in [0.15, 0.2) is 18.2 Å². The SMILES string of the molecule is CCC1CN(c2ccc(F)cc2CNCC(C)C)CCO1. The zero-order valence-electron chi connectivity index (χ0n) is 13.4. The molecule has 1 aliphatic heterocycles. The molecule has 21 heavy (non-hydrogen) atoms. The normalized spacial score (nSPS) is 19.3. The largest absolute Gasteiger partial charge is 0.375 e. The highest BCUT2D eigenvalue weighted by atomic mass is 19.1. The third kappa shape index (κ3) is 4.68. The molecule has 118 valence electrons. The number of nitrogens with zero attached hydrogens (tertiary/aromatic N) is 1. The van der Waals surface area contributed by atoms with Gasteiger partial charge in [0.2, 0.25) is 0 Å². The van der Waals surface area contributed by atoms with Gasteiger partial charge in [-0.15, -0.1) is 0 Å². The van der Waals surface area contributed by atoms with Crippen LogP contribution in [0, 0.1) is 11.7 Å². The fourth-order valence-electron chi connectivity index (χ4n) is 2.68. The van der Waals surface area contributed by atoms with Crippen molar-refractivity contribution in [2.24, 2.45) is 5.92 Å². The Morgan fingerprint density at radius 2 is 2.24 bits per heavy atom. The van der Waals surface area contributed by atoms with Crippen LogP contribution in [-0.2, 0) is 11.3 Å². The number of morpholine rings is 1. The molecule has 0 saturated carbocycles. The topological polar surface area (TPSA) is 24.5 Å². The van der Waals surface area contributed by atoms with Gasteiger partial charge in [-0.25, -0.2) is 4.39 Å². The summed E-state index contributed by atoms with van der Waals surface area (Å²) in [5.41, 5.74) is 2.17. The molecule has 1 aliphatic rings. The Balaban J connectivity index is 2.10. The smallest absolute Gasteiger partial charge is 0.123 e. The average Bonchev–Trinajstić information content (AvgIpc) is 2.47. The van der Waals surface area contributed by atoms with E-state index >= 15 is 0 Å². The minimum Gasteiger partial charge on any atom is -0.375 e. The van der Waals surface area contributed by atoms with E-state index in [1.54, 1.807) is 12.1 Å². The van der Waals surface area contributed by atoms with Crippen molar-refractivity contribution in [2.75, 3.05) is 31.1 Å². The summed E-state index contributed by atoms with van der Waals surface area (Å²) < 4.78 is 19.3. The first-order chi connectivity index (χ1) is 10.1. The van der Waals surface area contributed by atoms with E-state index in [0.29, 0.717) is 12.5 Å². The highest BCUT2D eigenvalue weighted by Gasteiger charge is 2.21. The van der Waals surface area contributed by atoms with Gasteiger partial charge in [-0.2, -0.15) is 0 Å². The molecule has 1 aromatic rings. The van der Waals surface area contributed by atoms with Crippen LogP contribution >= 0.6 is 0 Å². The predicted octanol–water partition coefficient (Wildman–Crippen LogP) is 3.19. The summed E-state index contributed by atoms with van der Waals surface area (Å²) in [4.78, 5) is 2.32. The molecular formula is C17H27FN2O. The molecule has 0 amide bonds. The molecule has 0 spiro atoms. The van der Waals surface area contributed by atoms with Gasteiger partial charge in [0, 0.05) is 25.3 Å². The van der Waals surface area contributed by atoms with Gasteiger partial charge < -0.3 is 15.0 Å². The number of hydrogen-bond acceptors (Lipinski definition) is 3. The van der Waals surface area contributed by atoms with Crippen molar-refractivity contribution in [3.8, 4) is 0 Å². The molecule has 4 heteroatoms. The number of benzene rings is 1. The molecule has 1 N–H and O–H groups in total. The van der Waals surface area contributed by atoms with Crippen molar-refractivity contribution in [1.29, 1.82) is 0 Å². The Bertz CT molecular complexity index is 450. The van der Waals surface area contributed by atoms with Gasteiger partial charge in [-0.05, 0) is 42.6 Å². The van der Waals surface area contributed by atoms with Crippen molar-refractivity contribution in [3.63, 3.8) is 0 Å². The summed E-state index contributed by atoms with van der Waals surface area (Å²) in [7, 11) is 0.